The maximum absolute atomic E-state index is 13.6. The van der Waals surface area contributed by atoms with Crippen LogP contribution >= 0.6 is 11.8 Å². The number of thioether (sulfide) groups is 1. The molecule has 9 heteroatoms. The fraction of sp³-hybridized carbons (Fsp3) is 0.150. The summed E-state index contributed by atoms with van der Waals surface area (Å²) in [7, 11) is 3.00. The van der Waals surface area contributed by atoms with Crippen molar-refractivity contribution in [2.45, 2.75) is 0 Å². The van der Waals surface area contributed by atoms with Gasteiger partial charge in [0.2, 0.25) is 5.91 Å². The Labute approximate surface area is 170 Å². The number of carbonyl (C=O) groups is 3. The van der Waals surface area contributed by atoms with Crippen molar-refractivity contribution in [1.82, 2.24) is 4.90 Å². The summed E-state index contributed by atoms with van der Waals surface area (Å²) < 4.78 is 24.0. The molecule has 0 aliphatic carbocycles. The van der Waals surface area contributed by atoms with E-state index in [2.05, 4.69) is 5.32 Å². The van der Waals surface area contributed by atoms with Gasteiger partial charge in [-0.1, -0.05) is 18.2 Å². The molecule has 1 aliphatic rings. The van der Waals surface area contributed by atoms with Crippen molar-refractivity contribution in [1.29, 1.82) is 0 Å². The van der Waals surface area contributed by atoms with Gasteiger partial charge in [-0.2, -0.15) is 0 Å². The highest BCUT2D eigenvalue weighted by atomic mass is 32.2. The third-order valence-corrected chi connectivity index (χ3v) is 4.94. The van der Waals surface area contributed by atoms with Crippen LogP contribution in [0.4, 0.5) is 14.9 Å². The number of nitrogens with one attached hydrogen (secondary N) is 1. The summed E-state index contributed by atoms with van der Waals surface area (Å²) in [4.78, 5) is 37.9. The van der Waals surface area contributed by atoms with Crippen molar-refractivity contribution in [3.63, 3.8) is 0 Å². The largest absolute Gasteiger partial charge is 0.493 e. The number of nitrogens with zero attached hydrogens (tertiary/aromatic N) is 1. The van der Waals surface area contributed by atoms with E-state index in [0.717, 1.165) is 16.7 Å². The van der Waals surface area contributed by atoms with Gasteiger partial charge < -0.3 is 14.8 Å². The molecular weight excluding hydrogens is 399 g/mol. The summed E-state index contributed by atoms with van der Waals surface area (Å²) in [5.41, 5.74) is 0.606. The Morgan fingerprint density at radius 2 is 1.86 bits per heavy atom. The molecule has 0 spiro atoms. The van der Waals surface area contributed by atoms with Crippen molar-refractivity contribution >= 4 is 40.6 Å². The average molecular weight is 416 g/mol. The fourth-order valence-corrected chi connectivity index (χ4v) is 3.46. The highest BCUT2D eigenvalue weighted by Crippen LogP contribution is 2.34. The highest BCUT2D eigenvalue weighted by molar-refractivity contribution is 8.18. The van der Waals surface area contributed by atoms with E-state index < -0.39 is 29.4 Å². The zero-order valence-corrected chi connectivity index (χ0v) is 16.4. The second kappa shape index (κ2) is 8.78. The summed E-state index contributed by atoms with van der Waals surface area (Å²) in [6, 6.07) is 10.7. The number of ether oxygens (including phenoxy) is 2. The Balaban J connectivity index is 1.73. The number of carbonyl (C=O) groups excluding carboxylic acids is 3. The molecule has 3 amide bonds. The van der Waals surface area contributed by atoms with Crippen LogP contribution in [0.3, 0.4) is 0 Å². The summed E-state index contributed by atoms with van der Waals surface area (Å²) in [5.74, 6) is -0.876. The van der Waals surface area contributed by atoms with E-state index in [1.165, 1.54) is 38.5 Å². The minimum Gasteiger partial charge on any atom is -0.493 e. The van der Waals surface area contributed by atoms with Crippen LogP contribution in [0.25, 0.3) is 6.08 Å². The summed E-state index contributed by atoms with van der Waals surface area (Å²) in [6.07, 6.45) is 1.53. The van der Waals surface area contributed by atoms with Gasteiger partial charge in [-0.05, 0) is 47.7 Å². The van der Waals surface area contributed by atoms with Crippen LogP contribution in [-0.2, 0) is 9.59 Å². The average Bonchev–Trinajstić information content (AvgIpc) is 2.97. The molecule has 150 valence electrons. The van der Waals surface area contributed by atoms with Gasteiger partial charge in [-0.25, -0.2) is 4.39 Å². The van der Waals surface area contributed by atoms with Crippen LogP contribution in [-0.4, -0.2) is 42.7 Å². The van der Waals surface area contributed by atoms with E-state index in [9.17, 15) is 18.8 Å². The van der Waals surface area contributed by atoms with Gasteiger partial charge in [0.25, 0.3) is 11.1 Å². The number of halogens is 1. The molecule has 0 aromatic heterocycles. The quantitative estimate of drug-likeness (QED) is 0.726. The Kier molecular flexibility index (Phi) is 6.18. The minimum absolute atomic E-state index is 0.0228. The van der Waals surface area contributed by atoms with Gasteiger partial charge in [-0.3, -0.25) is 19.3 Å². The molecule has 0 bridgehead atoms. The van der Waals surface area contributed by atoms with Crippen molar-refractivity contribution in [2.24, 2.45) is 0 Å². The molecular formula is C20H17FN2O5S. The monoisotopic (exact) mass is 416 g/mol. The van der Waals surface area contributed by atoms with Gasteiger partial charge in [0.05, 0.1) is 24.8 Å². The molecule has 1 aliphatic heterocycles. The Bertz CT molecular complexity index is 1010. The number of hydrogen-bond donors (Lipinski definition) is 1. The number of para-hydroxylation sites is 1. The first-order chi connectivity index (χ1) is 13.9. The first kappa shape index (κ1) is 20.4. The van der Waals surface area contributed by atoms with Gasteiger partial charge in [0.15, 0.2) is 11.5 Å². The van der Waals surface area contributed by atoms with E-state index in [0.29, 0.717) is 17.1 Å². The Morgan fingerprint density at radius 1 is 1.14 bits per heavy atom. The third-order valence-electron chi connectivity index (χ3n) is 4.03. The molecule has 7 nitrogen and oxygen atoms in total. The third kappa shape index (κ3) is 4.57. The summed E-state index contributed by atoms with van der Waals surface area (Å²) in [5, 5.41) is 1.77. The molecule has 2 aromatic carbocycles. The molecule has 29 heavy (non-hydrogen) atoms. The van der Waals surface area contributed by atoms with E-state index in [-0.39, 0.29) is 10.6 Å². The molecule has 0 atom stereocenters. The van der Waals surface area contributed by atoms with Crippen LogP contribution in [0.15, 0.2) is 47.4 Å². The molecule has 0 unspecified atom stereocenters. The first-order valence-electron chi connectivity index (χ1n) is 8.44. The standard InChI is InChI=1S/C20H17FN2O5S/c1-27-15-8-7-12(9-16(15)28-2)10-17-19(25)23(20(26)29-17)11-18(24)22-14-6-4-3-5-13(14)21/h3-10H,11H2,1-2H3,(H,22,24)/b17-10-. The predicted molar refractivity (Wildman–Crippen MR) is 107 cm³/mol. The minimum atomic E-state index is -0.676. The molecule has 1 fully saturated rings. The van der Waals surface area contributed by atoms with Crippen LogP contribution in [0.5, 0.6) is 11.5 Å². The Hall–Kier alpha value is -3.33. The maximum atomic E-state index is 13.6. The SMILES string of the molecule is COc1ccc(/C=C2\SC(=O)N(CC(=O)Nc3ccccc3F)C2=O)cc1OC. The fourth-order valence-electron chi connectivity index (χ4n) is 2.63. The number of imide groups is 1. The summed E-state index contributed by atoms with van der Waals surface area (Å²) in [6.45, 7) is -0.512. The van der Waals surface area contributed by atoms with Gasteiger partial charge in [0.1, 0.15) is 12.4 Å². The number of methoxy groups -OCH3 is 2. The number of anilines is 1. The van der Waals surface area contributed by atoms with Crippen LogP contribution < -0.4 is 14.8 Å². The Morgan fingerprint density at radius 3 is 2.55 bits per heavy atom. The number of amides is 3. The maximum Gasteiger partial charge on any atom is 0.294 e. The lowest BCUT2D eigenvalue weighted by atomic mass is 10.2. The zero-order chi connectivity index (χ0) is 21.0. The lowest BCUT2D eigenvalue weighted by Gasteiger charge is -2.12. The highest BCUT2D eigenvalue weighted by Gasteiger charge is 2.36. The van der Waals surface area contributed by atoms with Crippen molar-refractivity contribution < 1.29 is 28.2 Å². The van der Waals surface area contributed by atoms with Crippen molar-refractivity contribution in [2.75, 3.05) is 26.1 Å². The predicted octanol–water partition coefficient (Wildman–Crippen LogP) is 3.52. The second-order valence-electron chi connectivity index (χ2n) is 5.91. The lowest BCUT2D eigenvalue weighted by Crippen LogP contribution is -2.36. The van der Waals surface area contributed by atoms with E-state index in [4.69, 9.17) is 9.47 Å². The molecule has 0 radical (unpaired) electrons. The molecule has 0 saturated carbocycles. The van der Waals surface area contributed by atoms with Crippen molar-refractivity contribution in [3.05, 3.63) is 58.8 Å². The molecule has 1 saturated heterocycles. The number of benzene rings is 2. The molecule has 2 aromatic rings. The van der Waals surface area contributed by atoms with Crippen LogP contribution in [0.2, 0.25) is 0 Å². The van der Waals surface area contributed by atoms with E-state index in [1.54, 1.807) is 24.3 Å². The lowest BCUT2D eigenvalue weighted by molar-refractivity contribution is -0.127. The smallest absolute Gasteiger partial charge is 0.294 e. The summed E-state index contributed by atoms with van der Waals surface area (Å²) >= 11 is 0.724. The van der Waals surface area contributed by atoms with Crippen LogP contribution in [0, 0.1) is 5.82 Å². The first-order valence-corrected chi connectivity index (χ1v) is 9.26. The van der Waals surface area contributed by atoms with Crippen LogP contribution in [0.1, 0.15) is 5.56 Å². The van der Waals surface area contributed by atoms with Gasteiger partial charge >= 0.3 is 0 Å². The molecule has 1 heterocycles. The second-order valence-corrected chi connectivity index (χ2v) is 6.90. The topological polar surface area (TPSA) is 84.9 Å². The molecule has 3 rings (SSSR count). The zero-order valence-electron chi connectivity index (χ0n) is 15.6. The van der Waals surface area contributed by atoms with Crippen molar-refractivity contribution in [3.8, 4) is 11.5 Å². The number of rotatable bonds is 6. The molecule has 1 N–H and O–H groups in total. The van der Waals surface area contributed by atoms with E-state index >= 15 is 0 Å². The van der Waals surface area contributed by atoms with Gasteiger partial charge in [0, 0.05) is 0 Å². The van der Waals surface area contributed by atoms with E-state index in [1.807, 2.05) is 0 Å². The van der Waals surface area contributed by atoms with Gasteiger partial charge in [-0.15, -0.1) is 0 Å². The number of hydrogen-bond acceptors (Lipinski definition) is 6. The normalized spacial score (nSPS) is 15.0.